The Balaban J connectivity index is 1.89. The van der Waals surface area contributed by atoms with Crippen molar-refractivity contribution in [1.82, 2.24) is 10.3 Å². The highest BCUT2D eigenvalue weighted by Gasteiger charge is 2.09. The SMILES string of the molecule is O=C(NCc1cc(=O)oc2ccc(F)cc12)c1ccncc1. The van der Waals surface area contributed by atoms with Gasteiger partial charge in [0.15, 0.2) is 0 Å². The third kappa shape index (κ3) is 2.85. The molecule has 0 unspecified atom stereocenters. The van der Waals surface area contributed by atoms with E-state index in [9.17, 15) is 14.0 Å². The predicted molar refractivity (Wildman–Crippen MR) is 77.8 cm³/mol. The van der Waals surface area contributed by atoms with E-state index in [-0.39, 0.29) is 18.0 Å². The lowest BCUT2D eigenvalue weighted by atomic mass is 10.1. The van der Waals surface area contributed by atoms with Crippen molar-refractivity contribution in [3.63, 3.8) is 0 Å². The quantitative estimate of drug-likeness (QED) is 0.753. The van der Waals surface area contributed by atoms with Gasteiger partial charge in [0.25, 0.3) is 5.91 Å². The molecular formula is C16H11FN2O3. The molecule has 0 radical (unpaired) electrons. The van der Waals surface area contributed by atoms with Crippen LogP contribution in [0, 0.1) is 5.82 Å². The van der Waals surface area contributed by atoms with Crippen molar-refractivity contribution in [2.24, 2.45) is 0 Å². The number of hydrogen-bond acceptors (Lipinski definition) is 4. The topological polar surface area (TPSA) is 72.2 Å². The number of aromatic nitrogens is 1. The van der Waals surface area contributed by atoms with Gasteiger partial charge < -0.3 is 9.73 Å². The number of carbonyl (C=O) groups excluding carboxylic acids is 1. The third-order valence-corrected chi connectivity index (χ3v) is 3.17. The maximum Gasteiger partial charge on any atom is 0.336 e. The van der Waals surface area contributed by atoms with Crippen LogP contribution in [-0.2, 0) is 6.54 Å². The highest BCUT2D eigenvalue weighted by Crippen LogP contribution is 2.18. The maximum absolute atomic E-state index is 13.4. The summed E-state index contributed by atoms with van der Waals surface area (Å²) in [6.07, 6.45) is 3.02. The van der Waals surface area contributed by atoms with Crippen LogP contribution in [0.15, 0.2) is 58.0 Å². The second kappa shape index (κ2) is 5.77. The first-order chi connectivity index (χ1) is 10.6. The lowest BCUT2D eigenvalue weighted by Crippen LogP contribution is -2.23. The molecule has 3 rings (SSSR count). The number of halogens is 1. The van der Waals surface area contributed by atoms with Gasteiger partial charge in [0, 0.05) is 36.0 Å². The van der Waals surface area contributed by atoms with E-state index in [1.807, 2.05) is 0 Å². The summed E-state index contributed by atoms with van der Waals surface area (Å²) < 4.78 is 18.4. The third-order valence-electron chi connectivity index (χ3n) is 3.17. The van der Waals surface area contributed by atoms with E-state index >= 15 is 0 Å². The largest absolute Gasteiger partial charge is 0.423 e. The van der Waals surface area contributed by atoms with E-state index in [1.54, 1.807) is 12.1 Å². The number of amides is 1. The first kappa shape index (κ1) is 13.9. The molecule has 3 aromatic rings. The smallest absolute Gasteiger partial charge is 0.336 e. The van der Waals surface area contributed by atoms with Gasteiger partial charge in [0.1, 0.15) is 11.4 Å². The minimum Gasteiger partial charge on any atom is -0.423 e. The molecule has 1 N–H and O–H groups in total. The van der Waals surface area contributed by atoms with E-state index in [0.717, 1.165) is 0 Å². The van der Waals surface area contributed by atoms with Gasteiger partial charge >= 0.3 is 5.63 Å². The van der Waals surface area contributed by atoms with Gasteiger partial charge in [0.2, 0.25) is 0 Å². The van der Waals surface area contributed by atoms with E-state index < -0.39 is 11.4 Å². The number of fused-ring (bicyclic) bond motifs is 1. The molecule has 0 aliphatic heterocycles. The van der Waals surface area contributed by atoms with Gasteiger partial charge in [-0.2, -0.15) is 0 Å². The minimum absolute atomic E-state index is 0.0900. The molecule has 0 aliphatic carbocycles. The van der Waals surface area contributed by atoms with Gasteiger partial charge in [-0.15, -0.1) is 0 Å². The second-order valence-corrected chi connectivity index (χ2v) is 4.65. The van der Waals surface area contributed by atoms with Gasteiger partial charge in [-0.25, -0.2) is 9.18 Å². The Labute approximate surface area is 124 Å². The van der Waals surface area contributed by atoms with Crippen LogP contribution in [0.4, 0.5) is 4.39 Å². The summed E-state index contributed by atoms with van der Waals surface area (Å²) in [5.41, 5.74) is 0.677. The van der Waals surface area contributed by atoms with Crippen LogP contribution >= 0.6 is 0 Å². The van der Waals surface area contributed by atoms with Crippen LogP contribution in [0.25, 0.3) is 11.0 Å². The van der Waals surface area contributed by atoms with E-state index in [1.165, 1.54) is 36.7 Å². The highest BCUT2D eigenvalue weighted by molar-refractivity contribution is 5.94. The maximum atomic E-state index is 13.4. The number of carbonyl (C=O) groups is 1. The molecule has 22 heavy (non-hydrogen) atoms. The molecule has 0 aliphatic rings. The molecule has 2 aromatic heterocycles. The zero-order chi connectivity index (χ0) is 15.5. The molecule has 1 amide bonds. The molecule has 5 nitrogen and oxygen atoms in total. The van der Waals surface area contributed by atoms with Crippen molar-refractivity contribution >= 4 is 16.9 Å². The number of nitrogens with zero attached hydrogens (tertiary/aromatic N) is 1. The zero-order valence-electron chi connectivity index (χ0n) is 11.4. The van der Waals surface area contributed by atoms with Gasteiger partial charge in [-0.05, 0) is 35.9 Å². The fourth-order valence-electron chi connectivity index (χ4n) is 2.13. The summed E-state index contributed by atoms with van der Waals surface area (Å²) in [6.45, 7) is 0.0900. The fraction of sp³-hybridized carbons (Fsp3) is 0.0625. The molecule has 6 heteroatoms. The first-order valence-electron chi connectivity index (χ1n) is 6.54. The first-order valence-corrected chi connectivity index (χ1v) is 6.54. The Bertz CT molecular complexity index is 891. The van der Waals surface area contributed by atoms with Crippen LogP contribution in [0.2, 0.25) is 0 Å². The standard InChI is InChI=1S/C16H11FN2O3/c17-12-1-2-14-13(8-12)11(7-15(20)22-14)9-19-16(21)10-3-5-18-6-4-10/h1-8H,9H2,(H,19,21). The van der Waals surface area contributed by atoms with Gasteiger partial charge in [-0.3, -0.25) is 9.78 Å². The summed E-state index contributed by atoms with van der Waals surface area (Å²) in [7, 11) is 0. The molecular weight excluding hydrogens is 287 g/mol. The van der Waals surface area contributed by atoms with Crippen LogP contribution in [0.3, 0.4) is 0 Å². The van der Waals surface area contributed by atoms with Crippen molar-refractivity contribution in [3.8, 4) is 0 Å². The molecule has 110 valence electrons. The van der Waals surface area contributed by atoms with Crippen molar-refractivity contribution in [2.75, 3.05) is 0 Å². The number of rotatable bonds is 3. The van der Waals surface area contributed by atoms with E-state index in [0.29, 0.717) is 16.5 Å². The summed E-state index contributed by atoms with van der Waals surface area (Å²) in [5.74, 6) is -0.747. The molecule has 2 heterocycles. The molecule has 1 aromatic carbocycles. The Morgan fingerprint density at radius 2 is 1.95 bits per heavy atom. The van der Waals surface area contributed by atoms with Crippen molar-refractivity contribution < 1.29 is 13.6 Å². The number of pyridine rings is 1. The molecule has 0 spiro atoms. The van der Waals surface area contributed by atoms with Crippen molar-refractivity contribution in [2.45, 2.75) is 6.54 Å². The highest BCUT2D eigenvalue weighted by atomic mass is 19.1. The van der Waals surface area contributed by atoms with Crippen LogP contribution in [-0.4, -0.2) is 10.9 Å². The number of hydrogen-bond donors (Lipinski definition) is 1. The Morgan fingerprint density at radius 3 is 2.73 bits per heavy atom. The van der Waals surface area contributed by atoms with E-state index in [2.05, 4.69) is 10.3 Å². The summed E-state index contributed by atoms with van der Waals surface area (Å²) in [5, 5.41) is 3.14. The molecule has 0 saturated carbocycles. The normalized spacial score (nSPS) is 10.6. The lowest BCUT2D eigenvalue weighted by molar-refractivity contribution is 0.0951. The molecule has 0 fully saturated rings. The molecule has 0 atom stereocenters. The zero-order valence-corrected chi connectivity index (χ0v) is 11.4. The fourth-order valence-corrected chi connectivity index (χ4v) is 2.13. The second-order valence-electron chi connectivity index (χ2n) is 4.65. The average Bonchev–Trinajstić information content (AvgIpc) is 2.53. The Morgan fingerprint density at radius 1 is 1.18 bits per heavy atom. The summed E-state index contributed by atoms with van der Waals surface area (Å²) in [4.78, 5) is 27.3. The summed E-state index contributed by atoms with van der Waals surface area (Å²) >= 11 is 0. The summed E-state index contributed by atoms with van der Waals surface area (Å²) in [6, 6.07) is 8.27. The number of nitrogens with one attached hydrogen (secondary N) is 1. The van der Waals surface area contributed by atoms with Gasteiger partial charge in [-0.1, -0.05) is 0 Å². The Hall–Kier alpha value is -3.02. The monoisotopic (exact) mass is 298 g/mol. The van der Waals surface area contributed by atoms with Crippen LogP contribution < -0.4 is 10.9 Å². The lowest BCUT2D eigenvalue weighted by Gasteiger charge is -2.07. The number of benzene rings is 1. The van der Waals surface area contributed by atoms with Crippen LogP contribution in [0.5, 0.6) is 0 Å². The average molecular weight is 298 g/mol. The molecule has 0 bridgehead atoms. The van der Waals surface area contributed by atoms with Crippen molar-refractivity contribution in [3.05, 3.63) is 76.2 Å². The molecule has 0 saturated heterocycles. The van der Waals surface area contributed by atoms with E-state index in [4.69, 9.17) is 4.42 Å². The van der Waals surface area contributed by atoms with Crippen LogP contribution in [0.1, 0.15) is 15.9 Å². The van der Waals surface area contributed by atoms with Crippen molar-refractivity contribution in [1.29, 1.82) is 0 Å². The van der Waals surface area contributed by atoms with Gasteiger partial charge in [0.05, 0.1) is 0 Å². The predicted octanol–water partition coefficient (Wildman–Crippen LogP) is 2.26. The Kier molecular flexibility index (Phi) is 3.65. The minimum atomic E-state index is -0.549.